The van der Waals surface area contributed by atoms with Gasteiger partial charge in [-0.15, -0.1) is 0 Å². The fourth-order valence-electron chi connectivity index (χ4n) is 3.17. The average Bonchev–Trinajstić information content (AvgIpc) is 3.50. The molecule has 4 aromatic rings. The molecule has 9 nitrogen and oxygen atoms in total. The Bertz CT molecular complexity index is 1270. The molecule has 2 aromatic carbocycles. The largest absolute Gasteiger partial charge is 0.422 e. The Kier molecular flexibility index (Phi) is 6.43. The van der Waals surface area contributed by atoms with Crippen LogP contribution in [-0.2, 0) is 11.0 Å². The highest BCUT2D eigenvalue weighted by atomic mass is 19.4. The van der Waals surface area contributed by atoms with Crippen LogP contribution in [0.25, 0.3) is 34.3 Å². The molecule has 0 aliphatic carbocycles. The summed E-state index contributed by atoms with van der Waals surface area (Å²) in [6.45, 7) is -0.279. The van der Waals surface area contributed by atoms with Gasteiger partial charge >= 0.3 is 6.18 Å². The van der Waals surface area contributed by atoms with Crippen LogP contribution in [0.1, 0.15) is 17.2 Å². The molecular formula is C22H17F3N4O5. The summed E-state index contributed by atoms with van der Waals surface area (Å²) in [7, 11) is 0. The molecule has 0 radical (unpaired) electrons. The Morgan fingerprint density at radius 1 is 1.00 bits per heavy atom. The SMILES string of the molecule is O=C(NCCO)[C@H](O)c1ccc(-c2noc(-c3onc(-c4ccccc4)c3C(F)(F)F)n2)cc1. The van der Waals surface area contributed by atoms with Crippen molar-refractivity contribution in [3.05, 3.63) is 65.7 Å². The molecule has 2 heterocycles. The first-order valence-corrected chi connectivity index (χ1v) is 9.93. The molecule has 0 fully saturated rings. The topological polar surface area (TPSA) is 135 Å². The zero-order valence-electron chi connectivity index (χ0n) is 17.3. The highest BCUT2D eigenvalue weighted by molar-refractivity contribution is 5.82. The minimum atomic E-state index is -4.80. The zero-order chi connectivity index (χ0) is 24.3. The lowest BCUT2D eigenvalue weighted by molar-refractivity contribution is -0.137. The van der Waals surface area contributed by atoms with E-state index in [-0.39, 0.29) is 30.1 Å². The maximum absolute atomic E-state index is 13.8. The van der Waals surface area contributed by atoms with Crippen LogP contribution in [0.5, 0.6) is 0 Å². The second kappa shape index (κ2) is 9.45. The first kappa shape index (κ1) is 23.1. The van der Waals surface area contributed by atoms with Crippen LogP contribution in [-0.4, -0.2) is 44.6 Å². The molecular weight excluding hydrogens is 457 g/mol. The summed E-state index contributed by atoms with van der Waals surface area (Å²) in [5, 5.41) is 28.4. The van der Waals surface area contributed by atoms with Gasteiger partial charge in [-0.25, -0.2) is 0 Å². The quantitative estimate of drug-likeness (QED) is 0.372. The van der Waals surface area contributed by atoms with Gasteiger partial charge in [-0.2, -0.15) is 18.2 Å². The monoisotopic (exact) mass is 474 g/mol. The van der Waals surface area contributed by atoms with E-state index in [9.17, 15) is 23.1 Å². The predicted molar refractivity (Wildman–Crippen MR) is 111 cm³/mol. The number of hydrogen-bond acceptors (Lipinski definition) is 8. The van der Waals surface area contributed by atoms with E-state index in [0.29, 0.717) is 5.56 Å². The van der Waals surface area contributed by atoms with Crippen molar-refractivity contribution in [2.45, 2.75) is 12.3 Å². The van der Waals surface area contributed by atoms with Crippen LogP contribution in [0.4, 0.5) is 13.2 Å². The summed E-state index contributed by atoms with van der Waals surface area (Å²) < 4.78 is 51.5. The van der Waals surface area contributed by atoms with Gasteiger partial charge in [0.25, 0.3) is 11.8 Å². The van der Waals surface area contributed by atoms with Gasteiger partial charge in [0, 0.05) is 17.7 Å². The minimum absolute atomic E-state index is 0.00680. The number of carbonyl (C=O) groups is 1. The number of benzene rings is 2. The lowest BCUT2D eigenvalue weighted by Crippen LogP contribution is -2.31. The molecule has 0 unspecified atom stereocenters. The summed E-state index contributed by atoms with van der Waals surface area (Å²) in [5.74, 6) is -1.95. The first-order valence-electron chi connectivity index (χ1n) is 9.93. The van der Waals surface area contributed by atoms with Gasteiger partial charge in [0.2, 0.25) is 11.6 Å². The molecule has 0 bridgehead atoms. The molecule has 4 rings (SSSR count). The minimum Gasteiger partial charge on any atom is -0.395 e. The van der Waals surface area contributed by atoms with Crippen molar-refractivity contribution in [2.24, 2.45) is 0 Å². The maximum Gasteiger partial charge on any atom is 0.422 e. The number of nitrogens with zero attached hydrogens (tertiary/aromatic N) is 3. The Hall–Kier alpha value is -4.03. The van der Waals surface area contributed by atoms with Gasteiger partial charge in [0.05, 0.1) is 6.61 Å². The molecule has 12 heteroatoms. The molecule has 3 N–H and O–H groups in total. The number of aromatic nitrogens is 3. The van der Waals surface area contributed by atoms with Gasteiger partial charge < -0.3 is 24.6 Å². The first-order chi connectivity index (χ1) is 16.3. The second-order valence-electron chi connectivity index (χ2n) is 7.06. The predicted octanol–water partition coefficient (Wildman–Crippen LogP) is 3.22. The maximum atomic E-state index is 13.8. The molecule has 34 heavy (non-hydrogen) atoms. The number of rotatable bonds is 7. The summed E-state index contributed by atoms with van der Waals surface area (Å²) in [6.07, 6.45) is -6.27. The molecule has 1 amide bonds. The van der Waals surface area contributed by atoms with E-state index in [4.69, 9.17) is 14.2 Å². The normalized spacial score (nSPS) is 12.5. The van der Waals surface area contributed by atoms with Crippen LogP contribution in [0.2, 0.25) is 0 Å². The van der Waals surface area contributed by atoms with E-state index in [2.05, 4.69) is 20.6 Å². The lowest BCUT2D eigenvalue weighted by atomic mass is 10.1. The Labute approximate surface area is 189 Å². The van der Waals surface area contributed by atoms with Gasteiger partial charge in [-0.05, 0) is 5.56 Å². The average molecular weight is 474 g/mol. The van der Waals surface area contributed by atoms with E-state index in [0.717, 1.165) is 0 Å². The van der Waals surface area contributed by atoms with E-state index in [1.165, 1.54) is 36.4 Å². The van der Waals surface area contributed by atoms with Gasteiger partial charge in [-0.3, -0.25) is 4.79 Å². The van der Waals surface area contributed by atoms with Gasteiger partial charge in [-0.1, -0.05) is 64.9 Å². The molecule has 2 aromatic heterocycles. The lowest BCUT2D eigenvalue weighted by Gasteiger charge is -2.11. The summed E-state index contributed by atoms with van der Waals surface area (Å²) in [6, 6.07) is 13.5. The third kappa shape index (κ3) is 4.67. The standard InChI is InChI=1S/C22H17F3N4O5/c23-22(24,25)15-16(12-4-2-1-3-5-12)28-33-18(15)21-27-19(29-34-21)14-8-6-13(7-9-14)17(31)20(32)26-10-11-30/h1-9,17,30-31H,10-11H2,(H,26,32)/t17-/m1/s1. The van der Waals surface area contributed by atoms with Crippen molar-refractivity contribution < 1.29 is 37.2 Å². The molecule has 0 aliphatic heterocycles. The van der Waals surface area contributed by atoms with Crippen molar-refractivity contribution in [3.63, 3.8) is 0 Å². The highest BCUT2D eigenvalue weighted by Crippen LogP contribution is 2.43. The number of carbonyl (C=O) groups excluding carboxylic acids is 1. The van der Waals surface area contributed by atoms with Crippen molar-refractivity contribution in [2.75, 3.05) is 13.2 Å². The number of halogens is 3. The van der Waals surface area contributed by atoms with Crippen LogP contribution < -0.4 is 5.32 Å². The molecule has 1 atom stereocenters. The fourth-order valence-corrected chi connectivity index (χ4v) is 3.17. The number of aliphatic hydroxyl groups excluding tert-OH is 2. The van der Waals surface area contributed by atoms with Crippen molar-refractivity contribution in [1.82, 2.24) is 20.6 Å². The number of nitrogens with one attached hydrogen (secondary N) is 1. The zero-order valence-corrected chi connectivity index (χ0v) is 17.3. The Morgan fingerprint density at radius 3 is 2.35 bits per heavy atom. The van der Waals surface area contributed by atoms with Crippen LogP contribution in [0.3, 0.4) is 0 Å². The van der Waals surface area contributed by atoms with E-state index in [1.807, 2.05) is 0 Å². The van der Waals surface area contributed by atoms with E-state index >= 15 is 0 Å². The smallest absolute Gasteiger partial charge is 0.395 e. The summed E-state index contributed by atoms with van der Waals surface area (Å²) >= 11 is 0. The van der Waals surface area contributed by atoms with Crippen LogP contribution in [0.15, 0.2) is 63.6 Å². The number of amides is 1. The van der Waals surface area contributed by atoms with Gasteiger partial charge in [0.1, 0.15) is 11.3 Å². The summed E-state index contributed by atoms with van der Waals surface area (Å²) in [5.41, 5.74) is -0.716. The number of hydrogen-bond donors (Lipinski definition) is 3. The fraction of sp³-hybridized carbons (Fsp3) is 0.182. The molecule has 0 spiro atoms. The number of aliphatic hydroxyl groups is 2. The molecule has 0 aliphatic rings. The van der Waals surface area contributed by atoms with Crippen molar-refractivity contribution in [3.8, 4) is 34.3 Å². The van der Waals surface area contributed by atoms with Crippen LogP contribution in [0, 0.1) is 0 Å². The van der Waals surface area contributed by atoms with Crippen LogP contribution >= 0.6 is 0 Å². The third-order valence-electron chi connectivity index (χ3n) is 4.79. The molecule has 0 saturated heterocycles. The van der Waals surface area contributed by atoms with E-state index in [1.54, 1.807) is 18.2 Å². The molecule has 176 valence electrons. The molecule has 0 saturated carbocycles. The third-order valence-corrected chi connectivity index (χ3v) is 4.79. The van der Waals surface area contributed by atoms with Crippen molar-refractivity contribution >= 4 is 5.91 Å². The number of alkyl halides is 3. The second-order valence-corrected chi connectivity index (χ2v) is 7.06. The Balaban J connectivity index is 1.62. The Morgan fingerprint density at radius 2 is 1.71 bits per heavy atom. The summed E-state index contributed by atoms with van der Waals surface area (Å²) in [4.78, 5) is 15.8. The highest BCUT2D eigenvalue weighted by Gasteiger charge is 2.42. The van der Waals surface area contributed by atoms with E-state index < -0.39 is 41.1 Å². The van der Waals surface area contributed by atoms with Gasteiger partial charge in [0.15, 0.2) is 6.10 Å². The van der Waals surface area contributed by atoms with Crippen molar-refractivity contribution in [1.29, 1.82) is 0 Å².